The standard InChI is InChI=1S/C22H18BrClN2O3S/c1-14-11-16-12-15(22(27)25-19-4-2-3-17(23)13-19)5-10-21(16)26(14)30(28,29)20-8-6-18(24)7-9-20/h2-10,12-14H,11H2,1H3,(H,25,27)/t14-/m0/s1. The zero-order valence-electron chi connectivity index (χ0n) is 16.0. The van der Waals surface area contributed by atoms with Gasteiger partial charge in [-0.15, -0.1) is 0 Å². The van der Waals surface area contributed by atoms with Crippen LogP contribution in [-0.2, 0) is 16.4 Å². The molecule has 0 aromatic heterocycles. The van der Waals surface area contributed by atoms with E-state index in [1.54, 1.807) is 36.4 Å². The molecule has 154 valence electrons. The molecule has 0 fully saturated rings. The average molecular weight is 506 g/mol. The zero-order chi connectivity index (χ0) is 21.5. The number of benzene rings is 3. The van der Waals surface area contributed by atoms with Gasteiger partial charge in [0.05, 0.1) is 10.6 Å². The second-order valence-corrected chi connectivity index (χ2v) is 10.3. The third-order valence-corrected chi connectivity index (χ3v) is 7.64. The van der Waals surface area contributed by atoms with Gasteiger partial charge in [-0.05, 0) is 79.6 Å². The van der Waals surface area contributed by atoms with Gasteiger partial charge >= 0.3 is 0 Å². The van der Waals surface area contributed by atoms with Gasteiger partial charge in [0.2, 0.25) is 0 Å². The number of sulfonamides is 1. The van der Waals surface area contributed by atoms with Crippen LogP contribution in [0.15, 0.2) is 76.1 Å². The number of fused-ring (bicyclic) bond motifs is 1. The molecule has 1 aliphatic heterocycles. The number of nitrogens with zero attached hydrogens (tertiary/aromatic N) is 1. The van der Waals surface area contributed by atoms with Gasteiger partial charge in [0.1, 0.15) is 0 Å². The van der Waals surface area contributed by atoms with Gasteiger partial charge < -0.3 is 5.32 Å². The molecular weight excluding hydrogens is 488 g/mol. The normalized spacial score (nSPS) is 15.7. The summed E-state index contributed by atoms with van der Waals surface area (Å²) in [5.41, 5.74) is 2.57. The van der Waals surface area contributed by atoms with Gasteiger partial charge in [0.25, 0.3) is 15.9 Å². The predicted octanol–water partition coefficient (Wildman–Crippen LogP) is 5.49. The smallest absolute Gasteiger partial charge is 0.264 e. The van der Waals surface area contributed by atoms with Gasteiger partial charge in [-0.2, -0.15) is 0 Å². The van der Waals surface area contributed by atoms with Crippen LogP contribution >= 0.6 is 27.5 Å². The lowest BCUT2D eigenvalue weighted by molar-refractivity contribution is 0.102. The van der Waals surface area contributed by atoms with E-state index < -0.39 is 10.0 Å². The molecule has 0 aliphatic carbocycles. The molecule has 4 rings (SSSR count). The van der Waals surface area contributed by atoms with Crippen molar-refractivity contribution in [3.8, 4) is 0 Å². The van der Waals surface area contributed by atoms with Crippen molar-refractivity contribution in [2.24, 2.45) is 0 Å². The first kappa shape index (κ1) is 20.9. The van der Waals surface area contributed by atoms with E-state index >= 15 is 0 Å². The molecule has 1 N–H and O–H groups in total. The Morgan fingerprint density at radius 1 is 1.10 bits per heavy atom. The Balaban J connectivity index is 1.63. The quantitative estimate of drug-likeness (QED) is 0.509. The summed E-state index contributed by atoms with van der Waals surface area (Å²) < 4.78 is 28.7. The fourth-order valence-corrected chi connectivity index (χ4v) is 5.82. The molecule has 30 heavy (non-hydrogen) atoms. The number of amides is 1. The first-order valence-corrected chi connectivity index (χ1v) is 11.9. The Morgan fingerprint density at radius 2 is 1.83 bits per heavy atom. The molecule has 8 heteroatoms. The maximum absolute atomic E-state index is 13.2. The topological polar surface area (TPSA) is 66.5 Å². The molecule has 3 aromatic carbocycles. The monoisotopic (exact) mass is 504 g/mol. The number of nitrogens with one attached hydrogen (secondary N) is 1. The van der Waals surface area contributed by atoms with E-state index in [9.17, 15) is 13.2 Å². The zero-order valence-corrected chi connectivity index (χ0v) is 19.1. The molecule has 1 atom stereocenters. The third-order valence-electron chi connectivity index (χ3n) is 4.95. The summed E-state index contributed by atoms with van der Waals surface area (Å²) >= 11 is 9.28. The number of anilines is 2. The second-order valence-electron chi connectivity index (χ2n) is 7.12. The minimum atomic E-state index is -3.74. The molecule has 0 radical (unpaired) electrons. The number of hydrogen-bond acceptors (Lipinski definition) is 3. The molecule has 3 aromatic rings. The number of rotatable bonds is 4. The van der Waals surface area contributed by atoms with Crippen LogP contribution in [0.2, 0.25) is 5.02 Å². The van der Waals surface area contributed by atoms with Gasteiger partial charge in [-0.1, -0.05) is 33.6 Å². The molecule has 5 nitrogen and oxygen atoms in total. The van der Waals surface area contributed by atoms with Crippen molar-refractivity contribution in [1.82, 2.24) is 0 Å². The number of hydrogen-bond donors (Lipinski definition) is 1. The molecule has 1 aliphatic rings. The number of halogens is 2. The van der Waals surface area contributed by atoms with Gasteiger partial charge in [0.15, 0.2) is 0 Å². The highest BCUT2D eigenvalue weighted by atomic mass is 79.9. The van der Waals surface area contributed by atoms with E-state index in [-0.39, 0.29) is 16.8 Å². The van der Waals surface area contributed by atoms with Crippen LogP contribution in [0, 0.1) is 0 Å². The van der Waals surface area contributed by atoms with Crippen LogP contribution in [0.3, 0.4) is 0 Å². The molecule has 0 spiro atoms. The highest BCUT2D eigenvalue weighted by molar-refractivity contribution is 9.10. The van der Waals surface area contributed by atoms with E-state index in [4.69, 9.17) is 11.6 Å². The summed E-state index contributed by atoms with van der Waals surface area (Å²) in [6.07, 6.45) is 0.528. The fraction of sp³-hybridized carbons (Fsp3) is 0.136. The lowest BCUT2D eigenvalue weighted by Gasteiger charge is -2.24. The van der Waals surface area contributed by atoms with Crippen molar-refractivity contribution in [3.63, 3.8) is 0 Å². The Labute approximate surface area is 188 Å². The van der Waals surface area contributed by atoms with Gasteiger partial charge in [-0.3, -0.25) is 9.10 Å². The van der Waals surface area contributed by atoms with Crippen molar-refractivity contribution in [2.45, 2.75) is 24.3 Å². The fourth-order valence-electron chi connectivity index (χ4n) is 3.60. The summed E-state index contributed by atoms with van der Waals surface area (Å²) in [6.45, 7) is 1.86. The predicted molar refractivity (Wildman–Crippen MR) is 123 cm³/mol. The lowest BCUT2D eigenvalue weighted by atomic mass is 10.1. The van der Waals surface area contributed by atoms with Crippen LogP contribution in [0.1, 0.15) is 22.8 Å². The van der Waals surface area contributed by atoms with Crippen LogP contribution in [-0.4, -0.2) is 20.4 Å². The molecule has 1 heterocycles. The van der Waals surface area contributed by atoms with E-state index in [1.807, 2.05) is 25.1 Å². The van der Waals surface area contributed by atoms with Crippen LogP contribution in [0.25, 0.3) is 0 Å². The highest BCUT2D eigenvalue weighted by Crippen LogP contribution is 2.37. The van der Waals surface area contributed by atoms with Crippen molar-refractivity contribution in [1.29, 1.82) is 0 Å². The largest absolute Gasteiger partial charge is 0.322 e. The number of carbonyl (C=O) groups is 1. The van der Waals surface area contributed by atoms with Crippen molar-refractivity contribution in [2.75, 3.05) is 9.62 Å². The van der Waals surface area contributed by atoms with Crippen LogP contribution < -0.4 is 9.62 Å². The first-order chi connectivity index (χ1) is 14.3. The molecule has 0 unspecified atom stereocenters. The summed E-state index contributed by atoms with van der Waals surface area (Å²) in [5.74, 6) is -0.248. The molecule has 0 saturated carbocycles. The lowest BCUT2D eigenvalue weighted by Crippen LogP contribution is -2.35. The van der Waals surface area contributed by atoms with E-state index in [0.717, 1.165) is 10.0 Å². The Hall–Kier alpha value is -2.35. The van der Waals surface area contributed by atoms with Crippen molar-refractivity contribution in [3.05, 3.63) is 87.4 Å². The van der Waals surface area contributed by atoms with E-state index in [0.29, 0.717) is 28.4 Å². The Bertz CT molecular complexity index is 1230. The third kappa shape index (κ3) is 3.97. The Morgan fingerprint density at radius 3 is 2.53 bits per heavy atom. The maximum Gasteiger partial charge on any atom is 0.264 e. The van der Waals surface area contributed by atoms with E-state index in [1.165, 1.54) is 16.4 Å². The summed E-state index contributed by atoms with van der Waals surface area (Å²) in [6, 6.07) is 18.3. The SMILES string of the molecule is C[C@H]1Cc2cc(C(=O)Nc3cccc(Br)c3)ccc2N1S(=O)(=O)c1ccc(Cl)cc1. The second kappa shape index (κ2) is 8.06. The average Bonchev–Trinajstić information content (AvgIpc) is 3.03. The van der Waals surface area contributed by atoms with Gasteiger partial charge in [0, 0.05) is 26.8 Å². The van der Waals surface area contributed by atoms with E-state index in [2.05, 4.69) is 21.2 Å². The summed E-state index contributed by atoms with van der Waals surface area (Å²) in [4.78, 5) is 12.9. The maximum atomic E-state index is 13.2. The summed E-state index contributed by atoms with van der Waals surface area (Å²) in [7, 11) is -3.74. The highest BCUT2D eigenvalue weighted by Gasteiger charge is 2.36. The van der Waals surface area contributed by atoms with Crippen LogP contribution in [0.5, 0.6) is 0 Å². The Kier molecular flexibility index (Phi) is 5.61. The molecule has 1 amide bonds. The molecule has 0 bridgehead atoms. The molecular formula is C22H18BrClN2O3S. The minimum Gasteiger partial charge on any atom is -0.322 e. The van der Waals surface area contributed by atoms with Crippen LogP contribution in [0.4, 0.5) is 11.4 Å². The molecule has 0 saturated heterocycles. The minimum absolute atomic E-state index is 0.183. The van der Waals surface area contributed by atoms with Crippen molar-refractivity contribution >= 4 is 54.8 Å². The number of carbonyl (C=O) groups excluding carboxylic acids is 1. The summed E-state index contributed by atoms with van der Waals surface area (Å²) in [5, 5.41) is 3.34. The van der Waals surface area contributed by atoms with Gasteiger partial charge in [-0.25, -0.2) is 8.42 Å². The first-order valence-electron chi connectivity index (χ1n) is 9.25. The van der Waals surface area contributed by atoms with Crippen molar-refractivity contribution < 1.29 is 13.2 Å².